The zero-order valence-corrected chi connectivity index (χ0v) is 28.2. The minimum absolute atomic E-state index is 0.153. The van der Waals surface area contributed by atoms with Crippen molar-refractivity contribution >= 4 is 25.7 Å². The van der Waals surface area contributed by atoms with Crippen molar-refractivity contribution in [1.82, 2.24) is 0 Å². The number of carboxylic acid groups (broad SMARTS) is 1. The summed E-state index contributed by atoms with van der Waals surface area (Å²) in [6.45, 7) is 2.69. The number of unbranched alkanes of at least 4 members (excludes halogenated alkanes) is 15. The van der Waals surface area contributed by atoms with Crippen LogP contribution in [0.3, 0.4) is 0 Å². The molecule has 0 saturated heterocycles. The van der Waals surface area contributed by atoms with Crippen LogP contribution in [-0.4, -0.2) is 59.9 Å². The Bertz CT molecular complexity index is 823. The normalized spacial score (nSPS) is 14.3. The van der Waals surface area contributed by atoms with Crippen LogP contribution in [0.25, 0.3) is 0 Å². The van der Waals surface area contributed by atoms with Gasteiger partial charge in [0.05, 0.1) is 13.2 Å². The fourth-order valence-corrected chi connectivity index (χ4v) is 5.06. The average molecular weight is 650 g/mol. The first-order valence-corrected chi connectivity index (χ1v) is 18.2. The molecule has 0 aliphatic carbocycles. The van der Waals surface area contributed by atoms with Crippen LogP contribution >= 0.6 is 7.82 Å². The van der Waals surface area contributed by atoms with Gasteiger partial charge in [-0.3, -0.25) is 23.4 Å². The molecule has 12 heteroatoms. The molecule has 0 heterocycles. The molecule has 0 aromatic rings. The van der Waals surface area contributed by atoms with Gasteiger partial charge in [-0.15, -0.1) is 0 Å². The Morgan fingerprint density at radius 2 is 1.16 bits per heavy atom. The summed E-state index contributed by atoms with van der Waals surface area (Å²) in [7, 11) is -4.70. The van der Waals surface area contributed by atoms with E-state index in [1.165, 1.54) is 44.9 Å². The number of carbonyl (C=O) groups is 3. The second-order valence-corrected chi connectivity index (χ2v) is 12.8. The van der Waals surface area contributed by atoms with E-state index in [0.29, 0.717) is 12.8 Å². The van der Waals surface area contributed by atoms with E-state index in [0.717, 1.165) is 57.8 Å². The second kappa shape index (κ2) is 28.7. The van der Waals surface area contributed by atoms with Crippen molar-refractivity contribution in [3.8, 4) is 0 Å². The Kier molecular flexibility index (Phi) is 27.5. The fraction of sp³-hybridized carbons (Fsp3) is 0.844. The summed E-state index contributed by atoms with van der Waals surface area (Å²) in [5.74, 6) is -2.39. The summed E-state index contributed by atoms with van der Waals surface area (Å²) in [4.78, 5) is 45.4. The van der Waals surface area contributed by atoms with Crippen LogP contribution < -0.4 is 5.73 Å². The van der Waals surface area contributed by atoms with Crippen molar-refractivity contribution in [1.29, 1.82) is 0 Å². The molecule has 4 N–H and O–H groups in total. The Morgan fingerprint density at radius 1 is 0.682 bits per heavy atom. The first-order valence-electron chi connectivity index (χ1n) is 16.7. The maximum Gasteiger partial charge on any atom is 0.472 e. The van der Waals surface area contributed by atoms with Crippen molar-refractivity contribution in [2.45, 2.75) is 154 Å². The van der Waals surface area contributed by atoms with Crippen molar-refractivity contribution < 1.29 is 47.5 Å². The molecule has 1 unspecified atom stereocenters. The molecule has 0 aromatic carbocycles. The van der Waals surface area contributed by atoms with Crippen LogP contribution in [0.2, 0.25) is 0 Å². The molecule has 11 nitrogen and oxygen atoms in total. The van der Waals surface area contributed by atoms with E-state index in [2.05, 4.69) is 30.5 Å². The van der Waals surface area contributed by atoms with E-state index in [-0.39, 0.29) is 19.4 Å². The number of hydrogen-bond acceptors (Lipinski definition) is 9. The molecule has 0 fully saturated rings. The largest absolute Gasteiger partial charge is 0.480 e. The molecule has 0 rings (SSSR count). The Labute approximate surface area is 265 Å². The highest BCUT2D eigenvalue weighted by molar-refractivity contribution is 7.47. The minimum Gasteiger partial charge on any atom is -0.480 e. The molecule has 0 radical (unpaired) electrons. The zero-order chi connectivity index (χ0) is 32.9. The molecule has 44 heavy (non-hydrogen) atoms. The van der Waals surface area contributed by atoms with Crippen LogP contribution in [0.5, 0.6) is 0 Å². The maximum atomic E-state index is 12.5. The van der Waals surface area contributed by atoms with Crippen LogP contribution in [-0.2, 0) is 37.5 Å². The lowest BCUT2D eigenvalue weighted by molar-refractivity contribution is -0.161. The molecule has 0 aliphatic rings. The van der Waals surface area contributed by atoms with Gasteiger partial charge in [0, 0.05) is 12.8 Å². The van der Waals surface area contributed by atoms with Crippen molar-refractivity contribution in [3.05, 3.63) is 12.2 Å². The summed E-state index contributed by atoms with van der Waals surface area (Å²) >= 11 is 0. The number of phosphoric acid groups is 1. The molecule has 258 valence electrons. The monoisotopic (exact) mass is 649 g/mol. The number of rotatable bonds is 31. The van der Waals surface area contributed by atoms with Gasteiger partial charge in [-0.25, -0.2) is 4.57 Å². The Hall–Kier alpha value is -1.78. The summed E-state index contributed by atoms with van der Waals surface area (Å²) in [6, 6.07) is -1.52. The van der Waals surface area contributed by atoms with E-state index < -0.39 is 51.1 Å². The summed E-state index contributed by atoms with van der Waals surface area (Å²) in [5, 5.41) is 8.81. The first kappa shape index (κ1) is 42.2. The van der Waals surface area contributed by atoms with E-state index in [1.807, 2.05) is 0 Å². The van der Waals surface area contributed by atoms with Gasteiger partial charge >= 0.3 is 25.7 Å². The lowest BCUT2D eigenvalue weighted by Crippen LogP contribution is -2.34. The van der Waals surface area contributed by atoms with Gasteiger partial charge in [-0.05, 0) is 32.1 Å². The van der Waals surface area contributed by atoms with E-state index in [1.54, 1.807) is 0 Å². The van der Waals surface area contributed by atoms with Crippen LogP contribution in [0, 0.1) is 0 Å². The van der Waals surface area contributed by atoms with Gasteiger partial charge in [-0.2, -0.15) is 0 Å². The highest BCUT2D eigenvalue weighted by atomic mass is 31.2. The summed E-state index contributed by atoms with van der Waals surface area (Å²) in [6.07, 6.45) is 23.0. The lowest BCUT2D eigenvalue weighted by atomic mass is 10.1. The maximum absolute atomic E-state index is 12.5. The van der Waals surface area contributed by atoms with Gasteiger partial charge in [0.1, 0.15) is 12.6 Å². The molecule has 0 spiro atoms. The van der Waals surface area contributed by atoms with Crippen LogP contribution in [0.1, 0.15) is 142 Å². The fourth-order valence-electron chi connectivity index (χ4n) is 4.28. The number of hydrogen-bond donors (Lipinski definition) is 3. The van der Waals surface area contributed by atoms with Gasteiger partial charge in [0.2, 0.25) is 0 Å². The molecule has 3 atom stereocenters. The number of carboxylic acids is 1. The number of ether oxygens (including phenoxy) is 2. The third-order valence-corrected chi connectivity index (χ3v) is 7.96. The van der Waals surface area contributed by atoms with Crippen LogP contribution in [0.15, 0.2) is 12.2 Å². The van der Waals surface area contributed by atoms with Crippen molar-refractivity contribution in [3.63, 3.8) is 0 Å². The highest BCUT2D eigenvalue weighted by Gasteiger charge is 2.28. The number of aliphatic carboxylic acids is 1. The smallest absolute Gasteiger partial charge is 0.472 e. The number of phosphoric ester groups is 1. The number of allylic oxidation sites excluding steroid dienone is 2. The van der Waals surface area contributed by atoms with Gasteiger partial charge < -0.3 is 25.2 Å². The molecular weight excluding hydrogens is 589 g/mol. The molecule has 0 aliphatic heterocycles. The summed E-state index contributed by atoms with van der Waals surface area (Å²) in [5.41, 5.74) is 5.29. The topological polar surface area (TPSA) is 172 Å². The minimum atomic E-state index is -4.70. The molecule has 0 saturated carbocycles. The second-order valence-electron chi connectivity index (χ2n) is 11.3. The third-order valence-electron chi connectivity index (χ3n) is 7.01. The van der Waals surface area contributed by atoms with E-state index in [4.69, 9.17) is 24.8 Å². The third kappa shape index (κ3) is 27.7. The van der Waals surface area contributed by atoms with Gasteiger partial charge in [0.25, 0.3) is 0 Å². The number of carbonyl (C=O) groups excluding carboxylic acids is 2. The SMILES string of the molecule is CCCC/C=C\CCCCCCCC(=O)O[C@H](COC(=O)CCCCCCCCCCC)COP(=O)(O)OC[C@H](N)C(=O)O. The van der Waals surface area contributed by atoms with Crippen molar-refractivity contribution in [2.75, 3.05) is 19.8 Å². The highest BCUT2D eigenvalue weighted by Crippen LogP contribution is 2.43. The average Bonchev–Trinajstić information content (AvgIpc) is 2.99. The number of nitrogens with two attached hydrogens (primary N) is 1. The number of esters is 2. The molecule has 0 amide bonds. The predicted octanol–water partition coefficient (Wildman–Crippen LogP) is 7.38. The van der Waals surface area contributed by atoms with Gasteiger partial charge in [-0.1, -0.05) is 109 Å². The lowest BCUT2D eigenvalue weighted by Gasteiger charge is -2.20. The van der Waals surface area contributed by atoms with E-state index in [9.17, 15) is 23.8 Å². The first-order chi connectivity index (χ1) is 21.1. The van der Waals surface area contributed by atoms with E-state index >= 15 is 0 Å². The summed E-state index contributed by atoms with van der Waals surface area (Å²) < 4.78 is 32.3. The predicted molar refractivity (Wildman–Crippen MR) is 171 cm³/mol. The van der Waals surface area contributed by atoms with Crippen molar-refractivity contribution in [2.24, 2.45) is 5.73 Å². The molecule has 0 bridgehead atoms. The Balaban J connectivity index is 4.53. The van der Waals surface area contributed by atoms with Gasteiger partial charge in [0.15, 0.2) is 6.10 Å². The molecular formula is C32H60NO10P. The van der Waals surface area contributed by atoms with Crippen LogP contribution in [0.4, 0.5) is 0 Å². The Morgan fingerprint density at radius 3 is 1.73 bits per heavy atom. The standard InChI is InChI=1S/C32H60NO10P/c1-3-5-7-9-11-13-14-16-18-20-22-24-31(35)43-28(26-41-44(38,39)42-27-29(33)32(36)37)25-40-30(34)23-21-19-17-15-12-10-8-6-4-2/h9,11,28-29H,3-8,10,12-27,33H2,1-2H3,(H,36,37)(H,38,39)/b11-9-/t28-,29+/m1/s1. The quantitative estimate of drug-likeness (QED) is 0.0296. The molecule has 0 aromatic heterocycles. The zero-order valence-electron chi connectivity index (χ0n) is 27.3.